The van der Waals surface area contributed by atoms with Gasteiger partial charge in [-0.15, -0.1) is 11.8 Å². The lowest BCUT2D eigenvalue weighted by Crippen LogP contribution is -2.48. The fourth-order valence-electron chi connectivity index (χ4n) is 3.05. The summed E-state index contributed by atoms with van der Waals surface area (Å²) in [5.41, 5.74) is 6.33. The summed E-state index contributed by atoms with van der Waals surface area (Å²) < 4.78 is 0. The molecule has 1 aliphatic rings. The quantitative estimate of drug-likeness (QED) is 0.503. The number of hydrogen-bond acceptors (Lipinski definition) is 7. The highest BCUT2D eigenvalue weighted by molar-refractivity contribution is 7.98. The first-order chi connectivity index (χ1) is 13.4. The van der Waals surface area contributed by atoms with Gasteiger partial charge in [-0.1, -0.05) is 0 Å². The van der Waals surface area contributed by atoms with Gasteiger partial charge in [0.05, 0.1) is 0 Å². The standard InChI is InChI=1S/C18H22N6O3S/c1-11(25)23-7-9-24(10-8-23)13-5-3-12(4-6-13)20-18-21-16(27)14(15(19)26)17(22-18)28-2/h3-6H,7-10H2,1-2H3,(H2,19,26)(H2,20,21,22,27). The average molecular weight is 402 g/mol. The smallest absolute Gasteiger partial charge is 0.266 e. The monoisotopic (exact) mass is 402 g/mol. The zero-order valence-corrected chi connectivity index (χ0v) is 16.5. The summed E-state index contributed by atoms with van der Waals surface area (Å²) in [5, 5.41) is 3.31. The number of thioether (sulfide) groups is 1. The summed E-state index contributed by atoms with van der Waals surface area (Å²) in [6.45, 7) is 4.58. The number of amides is 2. The Kier molecular flexibility index (Phi) is 5.88. The number of aromatic nitrogens is 2. The number of nitrogens with one attached hydrogen (secondary N) is 2. The van der Waals surface area contributed by atoms with Gasteiger partial charge in [0.15, 0.2) is 0 Å². The lowest BCUT2D eigenvalue weighted by Gasteiger charge is -2.35. The van der Waals surface area contributed by atoms with Crippen LogP contribution in [0.5, 0.6) is 0 Å². The number of hydrogen-bond donors (Lipinski definition) is 3. The number of carbonyl (C=O) groups is 2. The van der Waals surface area contributed by atoms with E-state index < -0.39 is 11.5 Å². The van der Waals surface area contributed by atoms with Gasteiger partial charge in [0.25, 0.3) is 11.5 Å². The number of primary amides is 1. The van der Waals surface area contributed by atoms with Crippen molar-refractivity contribution in [2.75, 3.05) is 42.7 Å². The third-order valence-corrected chi connectivity index (χ3v) is 5.23. The highest BCUT2D eigenvalue weighted by Crippen LogP contribution is 2.22. The van der Waals surface area contributed by atoms with Crippen molar-refractivity contribution >= 4 is 40.9 Å². The number of rotatable bonds is 5. The molecule has 148 valence electrons. The second kappa shape index (κ2) is 8.34. The average Bonchev–Trinajstić information content (AvgIpc) is 2.67. The second-order valence-electron chi connectivity index (χ2n) is 6.33. The Morgan fingerprint density at radius 2 is 1.82 bits per heavy atom. The van der Waals surface area contributed by atoms with Crippen LogP contribution in [0.3, 0.4) is 0 Å². The van der Waals surface area contributed by atoms with Crippen molar-refractivity contribution in [3.8, 4) is 0 Å². The summed E-state index contributed by atoms with van der Waals surface area (Å²) in [7, 11) is 0. The zero-order valence-electron chi connectivity index (χ0n) is 15.7. The van der Waals surface area contributed by atoms with Crippen LogP contribution >= 0.6 is 11.8 Å². The fraction of sp³-hybridized carbons (Fsp3) is 0.333. The van der Waals surface area contributed by atoms with Crippen LogP contribution in [0.15, 0.2) is 34.1 Å². The molecule has 3 rings (SSSR count). The van der Waals surface area contributed by atoms with Crippen molar-refractivity contribution in [3.05, 3.63) is 40.2 Å². The largest absolute Gasteiger partial charge is 0.368 e. The number of carbonyl (C=O) groups excluding carboxylic acids is 2. The van der Waals surface area contributed by atoms with Crippen molar-refractivity contribution in [1.82, 2.24) is 14.9 Å². The Morgan fingerprint density at radius 3 is 2.36 bits per heavy atom. The molecule has 0 atom stereocenters. The van der Waals surface area contributed by atoms with E-state index in [1.165, 1.54) is 11.8 Å². The number of H-pyrrole nitrogens is 1. The van der Waals surface area contributed by atoms with Crippen molar-refractivity contribution in [2.45, 2.75) is 11.9 Å². The van der Waals surface area contributed by atoms with Crippen molar-refractivity contribution in [1.29, 1.82) is 0 Å². The van der Waals surface area contributed by atoms with E-state index in [4.69, 9.17) is 5.73 Å². The maximum Gasteiger partial charge on any atom is 0.266 e. The van der Waals surface area contributed by atoms with E-state index in [0.717, 1.165) is 24.5 Å². The van der Waals surface area contributed by atoms with Gasteiger partial charge in [0.2, 0.25) is 11.9 Å². The Balaban J connectivity index is 1.71. The van der Waals surface area contributed by atoms with Crippen LogP contribution in [0.2, 0.25) is 0 Å². The molecule has 1 aliphatic heterocycles. The molecule has 10 heteroatoms. The summed E-state index contributed by atoms with van der Waals surface area (Å²) in [4.78, 5) is 45.8. The topological polar surface area (TPSA) is 124 Å². The Bertz CT molecular complexity index is 935. The lowest BCUT2D eigenvalue weighted by atomic mass is 10.2. The summed E-state index contributed by atoms with van der Waals surface area (Å²) in [5.74, 6) is -0.464. The van der Waals surface area contributed by atoms with E-state index in [1.807, 2.05) is 29.2 Å². The number of benzene rings is 1. The van der Waals surface area contributed by atoms with Crippen LogP contribution in [0.25, 0.3) is 0 Å². The first kappa shape index (κ1) is 19.7. The zero-order chi connectivity index (χ0) is 20.3. The molecule has 1 aromatic carbocycles. The van der Waals surface area contributed by atoms with E-state index in [0.29, 0.717) is 13.1 Å². The highest BCUT2D eigenvalue weighted by atomic mass is 32.2. The van der Waals surface area contributed by atoms with Gasteiger partial charge >= 0.3 is 0 Å². The first-order valence-electron chi connectivity index (χ1n) is 8.74. The van der Waals surface area contributed by atoms with Gasteiger partial charge < -0.3 is 20.9 Å². The van der Waals surface area contributed by atoms with Gasteiger partial charge in [0.1, 0.15) is 10.6 Å². The van der Waals surface area contributed by atoms with Crippen LogP contribution in [-0.2, 0) is 4.79 Å². The van der Waals surface area contributed by atoms with Crippen LogP contribution in [-0.4, -0.2) is 59.1 Å². The van der Waals surface area contributed by atoms with E-state index in [1.54, 1.807) is 13.2 Å². The number of piperazine rings is 1. The van der Waals surface area contributed by atoms with Crippen molar-refractivity contribution < 1.29 is 9.59 Å². The molecule has 0 unspecified atom stereocenters. The summed E-state index contributed by atoms with van der Waals surface area (Å²) in [6, 6.07) is 7.70. The summed E-state index contributed by atoms with van der Waals surface area (Å²) >= 11 is 1.18. The van der Waals surface area contributed by atoms with Gasteiger partial charge in [-0.2, -0.15) is 0 Å². The third-order valence-electron chi connectivity index (χ3n) is 4.55. The van der Waals surface area contributed by atoms with Crippen LogP contribution in [0.1, 0.15) is 17.3 Å². The van der Waals surface area contributed by atoms with E-state index in [9.17, 15) is 14.4 Å². The Morgan fingerprint density at radius 1 is 1.18 bits per heavy atom. The van der Waals surface area contributed by atoms with Gasteiger partial charge in [-0.3, -0.25) is 19.4 Å². The number of nitrogens with two attached hydrogens (primary N) is 1. The minimum absolute atomic E-state index is 0.104. The van der Waals surface area contributed by atoms with Gasteiger partial charge in [-0.25, -0.2) is 4.98 Å². The molecule has 2 heterocycles. The summed E-state index contributed by atoms with van der Waals surface area (Å²) in [6.07, 6.45) is 1.72. The molecule has 0 saturated carbocycles. The van der Waals surface area contributed by atoms with Crippen molar-refractivity contribution in [3.63, 3.8) is 0 Å². The molecule has 0 bridgehead atoms. The molecular weight excluding hydrogens is 380 g/mol. The van der Waals surface area contributed by atoms with E-state index >= 15 is 0 Å². The predicted molar refractivity (Wildman–Crippen MR) is 109 cm³/mol. The maximum absolute atomic E-state index is 12.1. The second-order valence-corrected chi connectivity index (χ2v) is 7.12. The Hall–Kier alpha value is -3.01. The van der Waals surface area contributed by atoms with Crippen LogP contribution in [0.4, 0.5) is 17.3 Å². The molecule has 0 spiro atoms. The van der Waals surface area contributed by atoms with E-state index in [2.05, 4.69) is 20.2 Å². The molecule has 1 fully saturated rings. The third kappa shape index (κ3) is 4.28. The molecule has 0 radical (unpaired) electrons. The molecule has 4 N–H and O–H groups in total. The molecule has 28 heavy (non-hydrogen) atoms. The fourth-order valence-corrected chi connectivity index (χ4v) is 3.63. The molecule has 1 aromatic heterocycles. The molecule has 2 amide bonds. The predicted octanol–water partition coefficient (Wildman–Crippen LogP) is 1.00. The SMILES string of the molecule is CSc1nc(Nc2ccc(N3CCN(C(C)=O)CC3)cc2)[nH]c(=O)c1C(N)=O. The van der Waals surface area contributed by atoms with Crippen molar-refractivity contribution in [2.24, 2.45) is 5.73 Å². The van der Waals surface area contributed by atoms with Crippen LogP contribution < -0.4 is 21.5 Å². The minimum atomic E-state index is -0.807. The lowest BCUT2D eigenvalue weighted by molar-refractivity contribution is -0.129. The molecule has 9 nitrogen and oxygen atoms in total. The van der Waals surface area contributed by atoms with Gasteiger partial charge in [0, 0.05) is 44.5 Å². The minimum Gasteiger partial charge on any atom is -0.368 e. The maximum atomic E-state index is 12.1. The normalized spacial score (nSPS) is 14.1. The molecule has 2 aromatic rings. The van der Waals surface area contributed by atoms with E-state index in [-0.39, 0.29) is 22.4 Å². The molecule has 1 saturated heterocycles. The molecular formula is C18H22N6O3S. The first-order valence-corrected chi connectivity index (χ1v) is 9.97. The number of aromatic amines is 1. The Labute approximate surface area is 166 Å². The van der Waals surface area contributed by atoms with Gasteiger partial charge in [-0.05, 0) is 30.5 Å². The number of anilines is 3. The number of nitrogens with zero attached hydrogens (tertiary/aromatic N) is 3. The highest BCUT2D eigenvalue weighted by Gasteiger charge is 2.19. The molecule has 0 aliphatic carbocycles. The van der Waals surface area contributed by atoms with Crippen LogP contribution in [0, 0.1) is 0 Å².